The Balaban J connectivity index is 1.53. The summed E-state index contributed by atoms with van der Waals surface area (Å²) in [5, 5.41) is 6.92. The molecule has 1 aliphatic carbocycles. The molecule has 6 heteroatoms. The Hall–Kier alpha value is -2.04. The minimum absolute atomic E-state index is 0.122. The van der Waals surface area contributed by atoms with Gasteiger partial charge in [-0.1, -0.05) is 47.5 Å². The quantitative estimate of drug-likeness (QED) is 0.821. The van der Waals surface area contributed by atoms with Crippen molar-refractivity contribution in [3.63, 3.8) is 0 Å². The standard InChI is InChI=1S/C19H18Cl2N2O2/c1-11-15(20)7-4-8-17(11)23-19(25)14-9-13(14)18(24)22-10-12-5-2-3-6-16(12)21/h2-8,13-14H,9-10H2,1H3,(H,22,24)(H,23,25). The molecule has 0 spiro atoms. The fourth-order valence-electron chi connectivity index (χ4n) is 2.70. The second-order valence-corrected chi connectivity index (χ2v) is 6.97. The van der Waals surface area contributed by atoms with Crippen LogP contribution in [0.5, 0.6) is 0 Å². The average Bonchev–Trinajstić information content (AvgIpc) is 3.39. The summed E-state index contributed by atoms with van der Waals surface area (Å²) in [5.74, 6) is -0.863. The maximum Gasteiger partial charge on any atom is 0.228 e. The lowest BCUT2D eigenvalue weighted by Gasteiger charge is -2.10. The highest BCUT2D eigenvalue weighted by Crippen LogP contribution is 2.40. The van der Waals surface area contributed by atoms with E-state index in [4.69, 9.17) is 23.2 Å². The van der Waals surface area contributed by atoms with Crippen molar-refractivity contribution in [2.45, 2.75) is 19.9 Å². The molecule has 0 radical (unpaired) electrons. The molecule has 2 unspecified atom stereocenters. The fourth-order valence-corrected chi connectivity index (χ4v) is 3.08. The molecular formula is C19H18Cl2N2O2. The Morgan fingerprint density at radius 1 is 1.00 bits per heavy atom. The number of hydrogen-bond acceptors (Lipinski definition) is 2. The number of anilines is 1. The molecule has 0 saturated heterocycles. The summed E-state index contributed by atoms with van der Waals surface area (Å²) in [4.78, 5) is 24.5. The second kappa shape index (κ2) is 7.46. The number of hydrogen-bond donors (Lipinski definition) is 2. The molecule has 1 aliphatic rings. The summed E-state index contributed by atoms with van der Waals surface area (Å²) in [5.41, 5.74) is 2.35. The number of halogens is 2. The highest BCUT2D eigenvalue weighted by molar-refractivity contribution is 6.32. The van der Waals surface area contributed by atoms with Crippen LogP contribution >= 0.6 is 23.2 Å². The highest BCUT2D eigenvalue weighted by Gasteiger charge is 2.48. The number of rotatable bonds is 5. The minimum Gasteiger partial charge on any atom is -0.352 e. The van der Waals surface area contributed by atoms with Crippen molar-refractivity contribution in [3.8, 4) is 0 Å². The number of carbonyl (C=O) groups is 2. The van der Waals surface area contributed by atoms with Gasteiger partial charge in [-0.25, -0.2) is 0 Å². The van der Waals surface area contributed by atoms with Crippen LogP contribution in [-0.4, -0.2) is 11.8 Å². The van der Waals surface area contributed by atoms with E-state index in [1.54, 1.807) is 24.3 Å². The van der Waals surface area contributed by atoms with Crippen molar-refractivity contribution >= 4 is 40.7 Å². The summed E-state index contributed by atoms with van der Waals surface area (Å²) in [6, 6.07) is 12.7. The van der Waals surface area contributed by atoms with E-state index in [0.29, 0.717) is 28.7 Å². The van der Waals surface area contributed by atoms with Gasteiger partial charge in [0.1, 0.15) is 0 Å². The molecule has 2 atom stereocenters. The van der Waals surface area contributed by atoms with Gasteiger partial charge in [0.05, 0.1) is 11.8 Å². The van der Waals surface area contributed by atoms with E-state index >= 15 is 0 Å². The van der Waals surface area contributed by atoms with Gasteiger partial charge in [0.2, 0.25) is 11.8 Å². The average molecular weight is 377 g/mol. The molecule has 2 aromatic rings. The fraction of sp³-hybridized carbons (Fsp3) is 0.263. The van der Waals surface area contributed by atoms with Crippen molar-refractivity contribution in [2.75, 3.05) is 5.32 Å². The lowest BCUT2D eigenvalue weighted by molar-refractivity contribution is -0.125. The van der Waals surface area contributed by atoms with E-state index < -0.39 is 0 Å². The Bertz CT molecular complexity index is 823. The Morgan fingerprint density at radius 3 is 2.44 bits per heavy atom. The van der Waals surface area contributed by atoms with Crippen molar-refractivity contribution in [1.29, 1.82) is 0 Å². The van der Waals surface area contributed by atoms with Crippen LogP contribution in [0.1, 0.15) is 17.5 Å². The van der Waals surface area contributed by atoms with E-state index in [1.165, 1.54) is 0 Å². The smallest absolute Gasteiger partial charge is 0.228 e. The number of nitrogens with one attached hydrogen (secondary N) is 2. The van der Waals surface area contributed by atoms with Crippen LogP contribution < -0.4 is 10.6 Å². The molecule has 0 bridgehead atoms. The van der Waals surface area contributed by atoms with Crippen molar-refractivity contribution in [3.05, 3.63) is 63.6 Å². The third-order valence-electron chi connectivity index (χ3n) is 4.40. The van der Waals surface area contributed by atoms with Crippen LogP contribution in [0.15, 0.2) is 42.5 Å². The molecule has 1 fully saturated rings. The van der Waals surface area contributed by atoms with Crippen molar-refractivity contribution in [2.24, 2.45) is 11.8 Å². The van der Waals surface area contributed by atoms with E-state index in [2.05, 4.69) is 10.6 Å². The first kappa shape index (κ1) is 17.8. The van der Waals surface area contributed by atoms with Gasteiger partial charge in [0.25, 0.3) is 0 Å². The third kappa shape index (κ3) is 4.14. The molecule has 25 heavy (non-hydrogen) atoms. The molecule has 3 rings (SSSR count). The lowest BCUT2D eigenvalue weighted by atomic mass is 10.2. The zero-order valence-electron chi connectivity index (χ0n) is 13.7. The van der Waals surface area contributed by atoms with Crippen LogP contribution in [0.25, 0.3) is 0 Å². The molecule has 2 N–H and O–H groups in total. The van der Waals surface area contributed by atoms with Crippen LogP contribution in [0.2, 0.25) is 10.0 Å². The summed E-state index contributed by atoms with van der Waals surface area (Å²) in [6.07, 6.45) is 0.555. The molecule has 2 amide bonds. The number of carbonyl (C=O) groups excluding carboxylic acids is 2. The Morgan fingerprint density at radius 2 is 1.68 bits per heavy atom. The van der Waals surface area contributed by atoms with E-state index in [1.807, 2.05) is 25.1 Å². The van der Waals surface area contributed by atoms with Crippen LogP contribution in [0.4, 0.5) is 5.69 Å². The SMILES string of the molecule is Cc1c(Cl)cccc1NC(=O)C1CC1C(=O)NCc1ccccc1Cl. The summed E-state index contributed by atoms with van der Waals surface area (Å²) in [7, 11) is 0. The van der Waals surface area contributed by atoms with Crippen LogP contribution in [0, 0.1) is 18.8 Å². The first-order chi connectivity index (χ1) is 12.0. The molecule has 0 aliphatic heterocycles. The van der Waals surface area contributed by atoms with Gasteiger partial charge >= 0.3 is 0 Å². The molecule has 0 aromatic heterocycles. The van der Waals surface area contributed by atoms with E-state index in [9.17, 15) is 9.59 Å². The number of benzene rings is 2. The van der Waals surface area contributed by atoms with E-state index in [0.717, 1.165) is 11.1 Å². The van der Waals surface area contributed by atoms with Gasteiger partial charge in [-0.15, -0.1) is 0 Å². The maximum absolute atomic E-state index is 12.3. The largest absolute Gasteiger partial charge is 0.352 e. The van der Waals surface area contributed by atoms with Gasteiger partial charge in [0, 0.05) is 22.3 Å². The number of amides is 2. The van der Waals surface area contributed by atoms with Gasteiger partial charge in [0.15, 0.2) is 0 Å². The van der Waals surface area contributed by atoms with Crippen LogP contribution in [0.3, 0.4) is 0 Å². The predicted octanol–water partition coefficient (Wildman–Crippen LogP) is 4.19. The van der Waals surface area contributed by atoms with Crippen LogP contribution in [-0.2, 0) is 16.1 Å². The van der Waals surface area contributed by atoms with Crippen molar-refractivity contribution in [1.82, 2.24) is 5.32 Å². The topological polar surface area (TPSA) is 58.2 Å². The van der Waals surface area contributed by atoms with Gasteiger partial charge < -0.3 is 10.6 Å². The first-order valence-electron chi connectivity index (χ1n) is 8.04. The highest BCUT2D eigenvalue weighted by atomic mass is 35.5. The van der Waals surface area contributed by atoms with Gasteiger partial charge in [-0.3, -0.25) is 9.59 Å². The molecule has 1 saturated carbocycles. The molecule has 4 nitrogen and oxygen atoms in total. The zero-order valence-corrected chi connectivity index (χ0v) is 15.2. The van der Waals surface area contributed by atoms with E-state index in [-0.39, 0.29) is 23.7 Å². The molecular weight excluding hydrogens is 359 g/mol. The summed E-state index contributed by atoms with van der Waals surface area (Å²) in [6.45, 7) is 2.20. The van der Waals surface area contributed by atoms with Crippen molar-refractivity contribution < 1.29 is 9.59 Å². The lowest BCUT2D eigenvalue weighted by Crippen LogP contribution is -2.27. The summed E-state index contributed by atoms with van der Waals surface area (Å²) >= 11 is 12.1. The first-order valence-corrected chi connectivity index (χ1v) is 8.80. The predicted molar refractivity (Wildman–Crippen MR) is 99.7 cm³/mol. The van der Waals surface area contributed by atoms with Gasteiger partial charge in [-0.05, 0) is 42.7 Å². The summed E-state index contributed by atoms with van der Waals surface area (Å²) < 4.78 is 0. The normalized spacial score (nSPS) is 18.5. The van der Waals surface area contributed by atoms with Gasteiger partial charge in [-0.2, -0.15) is 0 Å². The third-order valence-corrected chi connectivity index (χ3v) is 5.18. The molecule has 130 valence electrons. The zero-order chi connectivity index (χ0) is 18.0. The Labute approximate surface area is 156 Å². The second-order valence-electron chi connectivity index (χ2n) is 6.16. The maximum atomic E-state index is 12.3. The Kier molecular flexibility index (Phi) is 5.30. The molecule has 0 heterocycles. The monoisotopic (exact) mass is 376 g/mol. The minimum atomic E-state index is -0.301. The molecule has 2 aromatic carbocycles.